The van der Waals surface area contributed by atoms with Crippen LogP contribution in [0.3, 0.4) is 0 Å². The largest absolute Gasteiger partial charge is 0.349 e. The molecule has 3 N–H and O–H groups in total. The molecule has 1 saturated carbocycles. The van der Waals surface area contributed by atoms with E-state index in [1.807, 2.05) is 36.4 Å². The van der Waals surface area contributed by atoms with Gasteiger partial charge in [0.05, 0.1) is 12.1 Å². The van der Waals surface area contributed by atoms with Crippen molar-refractivity contribution in [2.75, 3.05) is 10.6 Å². The highest BCUT2D eigenvalue weighted by Gasteiger charge is 2.16. The van der Waals surface area contributed by atoms with Crippen LogP contribution in [-0.4, -0.2) is 37.7 Å². The van der Waals surface area contributed by atoms with E-state index < -0.39 is 5.69 Å². The van der Waals surface area contributed by atoms with Gasteiger partial charge in [-0.05, 0) is 55.9 Å². The van der Waals surface area contributed by atoms with Crippen molar-refractivity contribution in [3.05, 3.63) is 76.5 Å². The van der Waals surface area contributed by atoms with Gasteiger partial charge < -0.3 is 10.6 Å². The number of nitrogens with zero attached hydrogens (tertiary/aromatic N) is 4. The van der Waals surface area contributed by atoms with Crippen molar-refractivity contribution in [1.82, 2.24) is 25.1 Å². The summed E-state index contributed by atoms with van der Waals surface area (Å²) < 4.78 is 1.53. The minimum absolute atomic E-state index is 0.140. The maximum atomic E-state index is 12.3. The second-order valence-corrected chi connectivity index (χ2v) is 9.30. The fourth-order valence-electron chi connectivity index (χ4n) is 4.37. The molecule has 1 aromatic carbocycles. The fourth-order valence-corrected chi connectivity index (χ4v) is 4.37. The lowest BCUT2D eigenvalue weighted by Gasteiger charge is -2.22. The van der Waals surface area contributed by atoms with Gasteiger partial charge in [0.2, 0.25) is 5.91 Å². The topological polar surface area (TPSA) is 131 Å². The molecule has 10 heteroatoms. The molecule has 0 bridgehead atoms. The average molecular weight is 504 g/mol. The second kappa shape index (κ2) is 13.3. The van der Waals surface area contributed by atoms with Crippen LogP contribution in [0, 0.1) is 0 Å². The third-order valence-electron chi connectivity index (χ3n) is 6.33. The Labute approximate surface area is 215 Å². The van der Waals surface area contributed by atoms with Gasteiger partial charge in [0.1, 0.15) is 5.82 Å². The lowest BCUT2D eigenvalue weighted by molar-refractivity contribution is -0.115. The number of rotatable bonds is 10. The van der Waals surface area contributed by atoms with Crippen LogP contribution in [0.4, 0.5) is 16.4 Å². The van der Waals surface area contributed by atoms with E-state index in [9.17, 15) is 14.4 Å². The van der Waals surface area contributed by atoms with Crippen LogP contribution in [-0.2, 0) is 24.2 Å². The first kappa shape index (κ1) is 26.0. The lowest BCUT2D eigenvalue weighted by atomic mass is 9.96. The van der Waals surface area contributed by atoms with E-state index in [0.29, 0.717) is 18.8 Å². The van der Waals surface area contributed by atoms with E-state index >= 15 is 0 Å². The predicted molar refractivity (Wildman–Crippen MR) is 141 cm³/mol. The van der Waals surface area contributed by atoms with Crippen molar-refractivity contribution < 1.29 is 9.59 Å². The van der Waals surface area contributed by atoms with E-state index in [-0.39, 0.29) is 30.2 Å². The molecule has 0 atom stereocenters. The highest BCUT2D eigenvalue weighted by atomic mass is 16.2. The van der Waals surface area contributed by atoms with Gasteiger partial charge in [0.25, 0.3) is 0 Å². The van der Waals surface area contributed by atoms with E-state index in [0.717, 1.165) is 49.8 Å². The van der Waals surface area contributed by atoms with Crippen LogP contribution in [0.15, 0.2) is 59.5 Å². The molecule has 1 aliphatic carbocycles. The standard InChI is InChI=1S/C27H33N7O3/c35-25(19-20-9-3-1-4-10-20)29-24-15-14-22(32-33-24)13-7-8-17-34-18-16-23(31-27(34)37)30-26(36)28-21-11-5-2-6-12-21/h1,3-4,9-10,14-16,18,21H,2,5-8,11-13,17,19H2,(H,29,33,35)(H2,28,30,31,36,37). The van der Waals surface area contributed by atoms with Gasteiger partial charge in [-0.25, -0.2) is 9.59 Å². The number of hydrogen-bond acceptors (Lipinski definition) is 6. The molecule has 37 heavy (non-hydrogen) atoms. The molecule has 194 valence electrons. The smallest absolute Gasteiger partial charge is 0.335 e. The molecule has 3 amide bonds. The predicted octanol–water partition coefficient (Wildman–Crippen LogP) is 3.69. The summed E-state index contributed by atoms with van der Waals surface area (Å²) >= 11 is 0. The molecule has 0 aliphatic heterocycles. The first-order valence-corrected chi connectivity index (χ1v) is 12.9. The zero-order valence-electron chi connectivity index (χ0n) is 20.9. The molecule has 2 aromatic heterocycles. The maximum absolute atomic E-state index is 12.3. The average Bonchev–Trinajstić information content (AvgIpc) is 2.89. The Morgan fingerprint density at radius 3 is 2.43 bits per heavy atom. The number of urea groups is 1. The Morgan fingerprint density at radius 1 is 0.892 bits per heavy atom. The van der Waals surface area contributed by atoms with Crippen molar-refractivity contribution >= 4 is 23.6 Å². The highest BCUT2D eigenvalue weighted by molar-refractivity contribution is 5.91. The minimum Gasteiger partial charge on any atom is -0.335 e. The molecule has 10 nitrogen and oxygen atoms in total. The van der Waals surface area contributed by atoms with Crippen molar-refractivity contribution in [2.45, 2.75) is 70.4 Å². The van der Waals surface area contributed by atoms with Gasteiger partial charge in [0, 0.05) is 18.8 Å². The third kappa shape index (κ3) is 8.52. The summed E-state index contributed by atoms with van der Waals surface area (Å²) in [5.74, 6) is 0.530. The summed E-state index contributed by atoms with van der Waals surface area (Å²) in [5.41, 5.74) is 1.35. The molecule has 0 radical (unpaired) electrons. The van der Waals surface area contributed by atoms with E-state index in [1.54, 1.807) is 18.3 Å². The van der Waals surface area contributed by atoms with Crippen LogP contribution in [0.25, 0.3) is 0 Å². The van der Waals surface area contributed by atoms with E-state index in [1.165, 1.54) is 11.0 Å². The number of benzene rings is 1. The lowest BCUT2D eigenvalue weighted by Crippen LogP contribution is -2.39. The minimum atomic E-state index is -0.397. The number of anilines is 2. The van der Waals surface area contributed by atoms with Gasteiger partial charge in [-0.15, -0.1) is 5.10 Å². The number of nitrogens with one attached hydrogen (secondary N) is 3. The molecule has 2 heterocycles. The number of amides is 3. The molecule has 0 unspecified atom stereocenters. The second-order valence-electron chi connectivity index (χ2n) is 9.30. The first-order valence-electron chi connectivity index (χ1n) is 12.9. The summed E-state index contributed by atoms with van der Waals surface area (Å²) in [6, 6.07) is 14.6. The molecule has 1 aliphatic rings. The molecule has 3 aromatic rings. The van der Waals surface area contributed by atoms with Crippen molar-refractivity contribution in [3.8, 4) is 0 Å². The van der Waals surface area contributed by atoms with Gasteiger partial charge >= 0.3 is 11.7 Å². The highest BCUT2D eigenvalue weighted by Crippen LogP contribution is 2.17. The van der Waals surface area contributed by atoms with Crippen LogP contribution in [0.5, 0.6) is 0 Å². The van der Waals surface area contributed by atoms with E-state index in [4.69, 9.17) is 0 Å². The van der Waals surface area contributed by atoms with Crippen LogP contribution < -0.4 is 21.6 Å². The molecule has 0 spiro atoms. The zero-order valence-corrected chi connectivity index (χ0v) is 20.9. The van der Waals surface area contributed by atoms with Gasteiger partial charge in [-0.1, -0.05) is 49.6 Å². The molecule has 4 rings (SSSR count). The first-order chi connectivity index (χ1) is 18.0. The number of aryl methyl sites for hydroxylation is 2. The number of unbranched alkanes of at least 4 members (excludes halogenated alkanes) is 1. The number of hydrogen-bond donors (Lipinski definition) is 3. The quantitative estimate of drug-likeness (QED) is 0.362. The Hall–Kier alpha value is -4.08. The Morgan fingerprint density at radius 2 is 1.70 bits per heavy atom. The Bertz CT molecular complexity index is 1220. The summed E-state index contributed by atoms with van der Waals surface area (Å²) in [7, 11) is 0. The van der Waals surface area contributed by atoms with Crippen LogP contribution >= 0.6 is 0 Å². The third-order valence-corrected chi connectivity index (χ3v) is 6.33. The zero-order chi connectivity index (χ0) is 25.9. The monoisotopic (exact) mass is 503 g/mol. The van der Waals surface area contributed by atoms with Gasteiger partial charge in [0.15, 0.2) is 5.82 Å². The van der Waals surface area contributed by atoms with Gasteiger partial charge in [-0.2, -0.15) is 10.1 Å². The Balaban J connectivity index is 1.16. The molecule has 0 saturated heterocycles. The van der Waals surface area contributed by atoms with Crippen molar-refractivity contribution in [2.24, 2.45) is 0 Å². The summed E-state index contributed by atoms with van der Waals surface area (Å²) in [6.07, 6.45) is 9.66. The number of aromatic nitrogens is 4. The molecular weight excluding hydrogens is 470 g/mol. The fraction of sp³-hybridized carbons (Fsp3) is 0.407. The molecule has 1 fully saturated rings. The maximum Gasteiger partial charge on any atom is 0.349 e. The summed E-state index contributed by atoms with van der Waals surface area (Å²) in [4.78, 5) is 40.6. The number of carbonyl (C=O) groups excluding carboxylic acids is 2. The van der Waals surface area contributed by atoms with E-state index in [2.05, 4.69) is 31.1 Å². The van der Waals surface area contributed by atoms with Gasteiger partial charge in [-0.3, -0.25) is 14.7 Å². The summed E-state index contributed by atoms with van der Waals surface area (Å²) in [6.45, 7) is 0.515. The molecular formula is C27H33N7O3. The van der Waals surface area contributed by atoms with Crippen LogP contribution in [0.2, 0.25) is 0 Å². The number of carbonyl (C=O) groups is 2. The van der Waals surface area contributed by atoms with Crippen molar-refractivity contribution in [1.29, 1.82) is 0 Å². The van der Waals surface area contributed by atoms with Crippen LogP contribution in [0.1, 0.15) is 56.2 Å². The van der Waals surface area contributed by atoms with Crippen molar-refractivity contribution in [3.63, 3.8) is 0 Å². The SMILES string of the molecule is O=C(Cc1ccccc1)Nc1ccc(CCCCn2ccc(NC(=O)NC3CCCCC3)nc2=O)nn1. The normalized spacial score (nSPS) is 13.6. The Kier molecular flexibility index (Phi) is 9.34. The summed E-state index contributed by atoms with van der Waals surface area (Å²) in [5, 5.41) is 16.7.